The Labute approximate surface area is 221 Å². The summed E-state index contributed by atoms with van der Waals surface area (Å²) in [5.41, 5.74) is 4.41. The number of allylic oxidation sites excluding steroid dienone is 1. The van der Waals surface area contributed by atoms with Crippen LogP contribution < -0.4 is 21.2 Å². The molecule has 3 atom stereocenters. The Balaban J connectivity index is 0.000000256. The van der Waals surface area contributed by atoms with Gasteiger partial charge in [0.05, 0.1) is 12.0 Å². The molecule has 0 saturated carbocycles. The lowest BCUT2D eigenvalue weighted by molar-refractivity contribution is -0.120. The number of hydrogen-bond donors (Lipinski definition) is 2. The van der Waals surface area contributed by atoms with E-state index in [1.54, 1.807) is 43.0 Å². The third kappa shape index (κ3) is 11.6. The van der Waals surface area contributed by atoms with Crippen molar-refractivity contribution in [2.45, 2.75) is 52.9 Å². The second-order valence-corrected chi connectivity index (χ2v) is 10.3. The predicted octanol–water partition coefficient (Wildman–Crippen LogP) is 3.03. The van der Waals surface area contributed by atoms with Gasteiger partial charge in [0.2, 0.25) is 11.8 Å². The topological polar surface area (TPSA) is 101 Å². The summed E-state index contributed by atoms with van der Waals surface area (Å²) in [7, 11) is 9.41. The van der Waals surface area contributed by atoms with E-state index in [0.29, 0.717) is 11.1 Å². The number of nitrogens with one attached hydrogen (secondary N) is 2. The van der Waals surface area contributed by atoms with Crippen LogP contribution in [0.1, 0.15) is 60.7 Å². The van der Waals surface area contributed by atoms with Crippen molar-refractivity contribution in [2.75, 3.05) is 7.05 Å². The van der Waals surface area contributed by atoms with Gasteiger partial charge < -0.3 is 5.32 Å². The maximum atomic E-state index is 11.3. The average molecular weight is 547 g/mol. The molecule has 3 amide bonds. The van der Waals surface area contributed by atoms with Gasteiger partial charge in [-0.2, -0.15) is 0 Å². The Kier molecular flexibility index (Phi) is 15.1. The van der Waals surface area contributed by atoms with E-state index >= 15 is 0 Å². The number of carbonyl (C=O) groups excluding carboxylic acids is 3. The molecule has 2 heterocycles. The van der Waals surface area contributed by atoms with Gasteiger partial charge in [-0.3, -0.25) is 29.7 Å². The van der Waals surface area contributed by atoms with Gasteiger partial charge in [-0.15, -0.1) is 27.7 Å². The molecule has 2 aliphatic rings. The monoisotopic (exact) mass is 546 g/mol. The van der Waals surface area contributed by atoms with E-state index in [1.807, 2.05) is 13.8 Å². The Bertz CT molecular complexity index is 1110. The van der Waals surface area contributed by atoms with Crippen LogP contribution in [0, 0.1) is 0 Å². The average Bonchev–Trinajstić information content (AvgIpc) is 2.84. The summed E-state index contributed by atoms with van der Waals surface area (Å²) in [6, 6.07) is 6.61. The standard InChI is InChI=1S/C10H13P.C8H7N2O2P.C5H10NP.C3H7NO/c11-10-7-3-5-8-4-1-2-6-9(8)10;11-6-1-4-2-9-3-5(13)7(4)8(12)10-6;1-3-6-4-5(2)7;1-3(5)4-2/h3,5,7H,1-2,4,6,11H2;2-3H,1,13H2,(H,10,11,12);3-4H,7H2,1-2H3;1-2H3,(H,4,5)/b;;5-4+,6-3?;. The van der Waals surface area contributed by atoms with Gasteiger partial charge in [-0.1, -0.05) is 18.2 Å². The lowest BCUT2D eigenvalue weighted by Gasteiger charge is -2.16. The molecule has 2 N–H and O–H groups in total. The quantitative estimate of drug-likeness (QED) is 0.326. The first kappa shape index (κ1) is 31.7. The number of nitrogens with zero attached hydrogens (tertiary/aromatic N) is 2. The SMILES string of the molecule is CC=N/C=C(\C)P.CNC(C)=O.O=C1Cc2cncc(P)c2C(=O)N1.Pc1cccc2c1CCCC2. The number of aromatic nitrogens is 1. The molecule has 0 radical (unpaired) electrons. The summed E-state index contributed by atoms with van der Waals surface area (Å²) in [6.07, 6.45) is 12.2. The van der Waals surface area contributed by atoms with Crippen molar-refractivity contribution >= 4 is 62.3 Å². The van der Waals surface area contributed by atoms with Crippen LogP contribution in [0.15, 0.2) is 47.1 Å². The van der Waals surface area contributed by atoms with Gasteiger partial charge in [-0.25, -0.2) is 0 Å². The number of rotatable bonds is 1. The molecule has 10 heteroatoms. The number of carbonyl (C=O) groups is 3. The van der Waals surface area contributed by atoms with Crippen molar-refractivity contribution in [1.29, 1.82) is 0 Å². The minimum Gasteiger partial charge on any atom is -0.359 e. The molecule has 36 heavy (non-hydrogen) atoms. The fraction of sp³-hybridized carbons (Fsp3) is 0.346. The van der Waals surface area contributed by atoms with E-state index in [4.69, 9.17) is 0 Å². The number of amides is 3. The molecule has 194 valence electrons. The highest BCUT2D eigenvalue weighted by Crippen LogP contribution is 2.20. The normalized spacial score (nSPS) is 13.9. The number of pyridine rings is 1. The first-order valence-electron chi connectivity index (χ1n) is 11.6. The van der Waals surface area contributed by atoms with Crippen molar-refractivity contribution in [3.63, 3.8) is 0 Å². The van der Waals surface area contributed by atoms with Crippen molar-refractivity contribution in [1.82, 2.24) is 15.6 Å². The number of aliphatic imine (C=N–C) groups is 1. The fourth-order valence-corrected chi connectivity index (χ4v) is 4.27. The highest BCUT2D eigenvalue weighted by molar-refractivity contribution is 7.27. The Morgan fingerprint density at radius 3 is 2.31 bits per heavy atom. The van der Waals surface area contributed by atoms with Crippen molar-refractivity contribution in [3.8, 4) is 0 Å². The molecule has 7 nitrogen and oxygen atoms in total. The van der Waals surface area contributed by atoms with Gasteiger partial charge in [0.15, 0.2) is 0 Å². The van der Waals surface area contributed by atoms with Gasteiger partial charge in [-0.05, 0) is 66.8 Å². The molecule has 0 spiro atoms. The van der Waals surface area contributed by atoms with Crippen LogP contribution in [-0.2, 0) is 28.9 Å². The van der Waals surface area contributed by atoms with E-state index in [0.717, 1.165) is 10.6 Å². The number of fused-ring (bicyclic) bond motifs is 2. The van der Waals surface area contributed by atoms with Crippen LogP contribution in [0.2, 0.25) is 0 Å². The lowest BCUT2D eigenvalue weighted by Crippen LogP contribution is -2.39. The molecule has 1 aromatic carbocycles. The van der Waals surface area contributed by atoms with Crippen LogP contribution in [0.3, 0.4) is 0 Å². The van der Waals surface area contributed by atoms with Crippen LogP contribution in [0.5, 0.6) is 0 Å². The van der Waals surface area contributed by atoms with Crippen molar-refractivity contribution in [3.05, 3.63) is 64.4 Å². The van der Waals surface area contributed by atoms with Crippen LogP contribution in [-0.4, -0.2) is 36.0 Å². The molecule has 1 aromatic heterocycles. The zero-order valence-corrected chi connectivity index (χ0v) is 24.9. The smallest absolute Gasteiger partial charge is 0.258 e. The first-order chi connectivity index (χ1) is 17.1. The summed E-state index contributed by atoms with van der Waals surface area (Å²) in [4.78, 5) is 39.8. The zero-order valence-electron chi connectivity index (χ0n) is 21.4. The molecule has 0 saturated heterocycles. The summed E-state index contributed by atoms with van der Waals surface area (Å²) < 4.78 is 0. The van der Waals surface area contributed by atoms with E-state index < -0.39 is 0 Å². The van der Waals surface area contributed by atoms with E-state index in [2.05, 4.69) is 66.5 Å². The third-order valence-corrected chi connectivity index (χ3v) is 6.22. The van der Waals surface area contributed by atoms with Crippen LogP contribution in [0.25, 0.3) is 0 Å². The third-order valence-electron chi connectivity index (χ3n) is 5.10. The number of benzene rings is 1. The number of aryl methyl sites for hydroxylation is 1. The maximum absolute atomic E-state index is 11.3. The molecular formula is C26H37N4O3P3. The van der Waals surface area contributed by atoms with E-state index in [-0.39, 0.29) is 24.1 Å². The van der Waals surface area contributed by atoms with Gasteiger partial charge >= 0.3 is 0 Å². The Hall–Kier alpha value is -2.32. The molecule has 1 aliphatic heterocycles. The molecule has 0 bridgehead atoms. The number of imide groups is 1. The van der Waals surface area contributed by atoms with Gasteiger partial charge in [0, 0.05) is 44.1 Å². The molecule has 3 unspecified atom stereocenters. The molecule has 4 rings (SSSR count). The Morgan fingerprint density at radius 1 is 1.08 bits per heavy atom. The molecule has 1 aliphatic carbocycles. The second-order valence-electron chi connectivity index (χ2n) is 8.10. The predicted molar refractivity (Wildman–Crippen MR) is 160 cm³/mol. The first-order valence-corrected chi connectivity index (χ1v) is 13.3. The summed E-state index contributed by atoms with van der Waals surface area (Å²) >= 11 is 0. The zero-order chi connectivity index (χ0) is 27.1. The van der Waals surface area contributed by atoms with Crippen LogP contribution in [0.4, 0.5) is 0 Å². The minimum atomic E-state index is -0.335. The second kappa shape index (κ2) is 17.2. The summed E-state index contributed by atoms with van der Waals surface area (Å²) in [5, 5.41) is 7.93. The lowest BCUT2D eigenvalue weighted by atomic mass is 9.92. The fourth-order valence-electron chi connectivity index (χ4n) is 3.34. The van der Waals surface area contributed by atoms with E-state index in [1.165, 1.54) is 37.9 Å². The highest BCUT2D eigenvalue weighted by atomic mass is 31.0. The molecule has 0 fully saturated rings. The highest BCUT2D eigenvalue weighted by Gasteiger charge is 2.23. The van der Waals surface area contributed by atoms with Gasteiger partial charge in [0.1, 0.15) is 0 Å². The maximum Gasteiger partial charge on any atom is 0.258 e. The minimum absolute atomic E-state index is 0.00463. The summed E-state index contributed by atoms with van der Waals surface area (Å²) in [6.45, 7) is 5.35. The van der Waals surface area contributed by atoms with Crippen LogP contribution >= 0.6 is 27.7 Å². The van der Waals surface area contributed by atoms with Crippen molar-refractivity contribution < 1.29 is 14.4 Å². The summed E-state index contributed by atoms with van der Waals surface area (Å²) in [5.74, 6) is -0.599. The molecule has 2 aromatic rings. The van der Waals surface area contributed by atoms with Crippen molar-refractivity contribution in [2.24, 2.45) is 4.99 Å². The van der Waals surface area contributed by atoms with Gasteiger partial charge in [0.25, 0.3) is 5.91 Å². The Morgan fingerprint density at radius 2 is 1.75 bits per heavy atom. The number of hydrogen-bond acceptors (Lipinski definition) is 5. The van der Waals surface area contributed by atoms with E-state index in [9.17, 15) is 14.4 Å². The largest absolute Gasteiger partial charge is 0.359 e. The molecular weight excluding hydrogens is 509 g/mol.